The molecule has 4 heteroatoms. The first kappa shape index (κ1) is 16.9. The summed E-state index contributed by atoms with van der Waals surface area (Å²) >= 11 is 0. The van der Waals surface area contributed by atoms with E-state index in [0.29, 0.717) is 28.1 Å². The minimum atomic E-state index is -0.147. The van der Waals surface area contributed by atoms with Crippen molar-refractivity contribution in [2.24, 2.45) is 0 Å². The van der Waals surface area contributed by atoms with Crippen molar-refractivity contribution in [3.05, 3.63) is 108 Å². The van der Waals surface area contributed by atoms with Crippen LogP contribution in [0.2, 0.25) is 0 Å². The molecule has 0 bridgehead atoms. The average Bonchev–Trinajstić information content (AvgIpc) is 3.17. The molecule has 0 aliphatic rings. The topological polar surface area (TPSA) is 39.2 Å². The lowest BCUT2D eigenvalue weighted by Crippen LogP contribution is -2.13. The van der Waals surface area contributed by atoms with Crippen LogP contribution in [0.3, 0.4) is 0 Å². The van der Waals surface area contributed by atoms with Gasteiger partial charge in [0.2, 0.25) is 0 Å². The number of benzene rings is 4. The molecule has 0 spiro atoms. The summed E-state index contributed by atoms with van der Waals surface area (Å²) in [4.78, 5) is 21.8. The fourth-order valence-corrected chi connectivity index (χ4v) is 3.65. The monoisotopic (exact) mass is 373 g/mol. The summed E-state index contributed by atoms with van der Waals surface area (Å²) < 4.78 is 1.65. The minimum absolute atomic E-state index is 0.147. The lowest BCUT2D eigenvalue weighted by Gasteiger charge is -2.10. The Labute approximate surface area is 167 Å². The van der Waals surface area contributed by atoms with Crippen molar-refractivity contribution < 1.29 is 4.79 Å². The third kappa shape index (κ3) is 2.77. The SMILES string of the molecule is [C-]#[N+]c1ccc2c(c1)nc(-c1cccc3ccccc13)n2C(=O)c1ccccc1. The Hall–Kier alpha value is -4.23. The van der Waals surface area contributed by atoms with Crippen LogP contribution in [0.25, 0.3) is 38.0 Å². The predicted octanol–water partition coefficient (Wildman–Crippen LogP) is 6.10. The molecule has 5 rings (SSSR count). The largest absolute Gasteiger partial charge is 0.268 e. The molecule has 1 aromatic heterocycles. The van der Waals surface area contributed by atoms with E-state index >= 15 is 0 Å². The van der Waals surface area contributed by atoms with Crippen LogP contribution in [0.1, 0.15) is 10.4 Å². The Morgan fingerprint density at radius 2 is 1.62 bits per heavy atom. The summed E-state index contributed by atoms with van der Waals surface area (Å²) in [6, 6.07) is 28.5. The number of aromatic nitrogens is 2. The van der Waals surface area contributed by atoms with E-state index < -0.39 is 0 Å². The van der Waals surface area contributed by atoms with E-state index in [1.54, 1.807) is 34.9 Å². The molecule has 0 fully saturated rings. The highest BCUT2D eigenvalue weighted by Gasteiger charge is 2.21. The highest BCUT2D eigenvalue weighted by molar-refractivity contribution is 6.06. The van der Waals surface area contributed by atoms with Crippen LogP contribution in [-0.2, 0) is 0 Å². The lowest BCUT2D eigenvalue weighted by atomic mass is 10.0. The summed E-state index contributed by atoms with van der Waals surface area (Å²) in [6.45, 7) is 7.29. The number of imidazole rings is 1. The highest BCUT2D eigenvalue weighted by Crippen LogP contribution is 2.32. The second-order valence-corrected chi connectivity index (χ2v) is 6.75. The first-order valence-electron chi connectivity index (χ1n) is 9.24. The molecule has 4 aromatic carbocycles. The molecule has 0 saturated heterocycles. The van der Waals surface area contributed by atoms with Crippen LogP contribution in [0.4, 0.5) is 5.69 Å². The normalized spacial score (nSPS) is 10.9. The van der Waals surface area contributed by atoms with Gasteiger partial charge in [-0.25, -0.2) is 9.83 Å². The number of rotatable bonds is 2. The molecule has 136 valence electrons. The molecule has 29 heavy (non-hydrogen) atoms. The van der Waals surface area contributed by atoms with Gasteiger partial charge in [-0.1, -0.05) is 66.7 Å². The van der Waals surface area contributed by atoms with Gasteiger partial charge in [0.1, 0.15) is 5.82 Å². The Balaban J connectivity index is 1.85. The Kier molecular flexibility index (Phi) is 3.93. The van der Waals surface area contributed by atoms with Gasteiger partial charge in [-0.05, 0) is 35.0 Å². The third-order valence-electron chi connectivity index (χ3n) is 5.02. The summed E-state index contributed by atoms with van der Waals surface area (Å²) in [5, 5.41) is 2.11. The fourth-order valence-electron chi connectivity index (χ4n) is 3.65. The summed E-state index contributed by atoms with van der Waals surface area (Å²) in [5.74, 6) is 0.430. The molecule has 0 aliphatic heterocycles. The second kappa shape index (κ2) is 6.74. The van der Waals surface area contributed by atoms with Crippen molar-refractivity contribution in [1.82, 2.24) is 9.55 Å². The van der Waals surface area contributed by atoms with E-state index in [2.05, 4.69) is 4.85 Å². The molecule has 0 saturated carbocycles. The number of carbonyl (C=O) groups excluding carboxylic acids is 1. The maximum absolute atomic E-state index is 13.5. The van der Waals surface area contributed by atoms with Crippen LogP contribution in [0.15, 0.2) is 91.0 Å². The maximum Gasteiger partial charge on any atom is 0.264 e. The standard InChI is InChI=1S/C25H15N3O/c1-26-19-14-15-23-22(16-19)27-24(28(23)25(29)18-9-3-2-4-10-18)21-13-7-11-17-8-5-6-12-20(17)21/h2-16H. The van der Waals surface area contributed by atoms with Gasteiger partial charge in [0.05, 0.1) is 17.6 Å². The number of carbonyl (C=O) groups is 1. The van der Waals surface area contributed by atoms with Gasteiger partial charge < -0.3 is 0 Å². The van der Waals surface area contributed by atoms with Gasteiger partial charge in [-0.3, -0.25) is 9.36 Å². The molecule has 0 aliphatic carbocycles. The van der Waals surface area contributed by atoms with Crippen LogP contribution in [0, 0.1) is 6.57 Å². The number of hydrogen-bond acceptors (Lipinski definition) is 2. The molecule has 0 unspecified atom stereocenters. The smallest absolute Gasteiger partial charge is 0.264 e. The zero-order valence-corrected chi connectivity index (χ0v) is 15.4. The molecule has 5 aromatic rings. The van der Waals surface area contributed by atoms with Crippen molar-refractivity contribution >= 4 is 33.4 Å². The molecule has 0 atom stereocenters. The first-order chi connectivity index (χ1) is 14.3. The zero-order valence-electron chi connectivity index (χ0n) is 15.4. The maximum atomic E-state index is 13.5. The molecule has 4 nitrogen and oxygen atoms in total. The Morgan fingerprint density at radius 1 is 0.862 bits per heavy atom. The van der Waals surface area contributed by atoms with E-state index in [4.69, 9.17) is 11.6 Å². The zero-order chi connectivity index (χ0) is 19.8. The van der Waals surface area contributed by atoms with Crippen molar-refractivity contribution in [1.29, 1.82) is 0 Å². The van der Waals surface area contributed by atoms with Gasteiger partial charge >= 0.3 is 0 Å². The number of nitrogens with zero attached hydrogens (tertiary/aromatic N) is 3. The molecule has 0 radical (unpaired) electrons. The number of hydrogen-bond donors (Lipinski definition) is 0. The van der Waals surface area contributed by atoms with Crippen LogP contribution in [0.5, 0.6) is 0 Å². The Morgan fingerprint density at radius 3 is 2.45 bits per heavy atom. The quantitative estimate of drug-likeness (QED) is 0.351. The van der Waals surface area contributed by atoms with Crippen molar-refractivity contribution in [3.8, 4) is 11.4 Å². The molecular formula is C25H15N3O. The van der Waals surface area contributed by atoms with Crippen molar-refractivity contribution in [2.45, 2.75) is 0 Å². The van der Waals surface area contributed by atoms with Crippen LogP contribution >= 0.6 is 0 Å². The third-order valence-corrected chi connectivity index (χ3v) is 5.02. The lowest BCUT2D eigenvalue weighted by molar-refractivity contribution is 0.0966. The van der Waals surface area contributed by atoms with Crippen LogP contribution < -0.4 is 0 Å². The second-order valence-electron chi connectivity index (χ2n) is 6.75. The first-order valence-corrected chi connectivity index (χ1v) is 9.24. The summed E-state index contributed by atoms with van der Waals surface area (Å²) in [5.41, 5.74) is 3.29. The molecule has 0 amide bonds. The Bertz CT molecular complexity index is 1420. The summed E-state index contributed by atoms with van der Waals surface area (Å²) in [6.07, 6.45) is 0. The van der Waals surface area contributed by atoms with Crippen LogP contribution in [-0.4, -0.2) is 15.5 Å². The van der Waals surface area contributed by atoms with Crippen molar-refractivity contribution in [2.75, 3.05) is 0 Å². The number of fused-ring (bicyclic) bond motifs is 2. The van der Waals surface area contributed by atoms with Gasteiger partial charge in [0, 0.05) is 11.1 Å². The molecular weight excluding hydrogens is 358 g/mol. The fraction of sp³-hybridized carbons (Fsp3) is 0. The summed E-state index contributed by atoms with van der Waals surface area (Å²) in [7, 11) is 0. The predicted molar refractivity (Wildman–Crippen MR) is 115 cm³/mol. The molecule has 1 heterocycles. The minimum Gasteiger partial charge on any atom is -0.268 e. The van der Waals surface area contributed by atoms with Gasteiger partial charge in [-0.15, -0.1) is 0 Å². The van der Waals surface area contributed by atoms with E-state index in [-0.39, 0.29) is 5.91 Å². The van der Waals surface area contributed by atoms with E-state index in [1.807, 2.05) is 60.7 Å². The van der Waals surface area contributed by atoms with E-state index in [0.717, 1.165) is 16.3 Å². The van der Waals surface area contributed by atoms with Gasteiger partial charge in [-0.2, -0.15) is 0 Å². The average molecular weight is 373 g/mol. The van der Waals surface area contributed by atoms with Gasteiger partial charge in [0.25, 0.3) is 5.91 Å². The van der Waals surface area contributed by atoms with E-state index in [1.165, 1.54) is 0 Å². The molecule has 0 N–H and O–H groups in total. The van der Waals surface area contributed by atoms with Crippen molar-refractivity contribution in [3.63, 3.8) is 0 Å². The highest BCUT2D eigenvalue weighted by atomic mass is 16.2. The van der Waals surface area contributed by atoms with E-state index in [9.17, 15) is 4.79 Å². The van der Waals surface area contributed by atoms with Gasteiger partial charge in [0.15, 0.2) is 5.69 Å².